The Kier molecular flexibility index (Phi) is 6.50. The predicted octanol–water partition coefficient (Wildman–Crippen LogP) is 1.80. The second-order valence-corrected chi connectivity index (χ2v) is 5.09. The number of amides is 1. The Morgan fingerprint density at radius 2 is 1.88 bits per heavy atom. The predicted molar refractivity (Wildman–Crippen MR) is 88.6 cm³/mol. The summed E-state index contributed by atoms with van der Waals surface area (Å²) in [4.78, 5) is 14.3. The number of aliphatic hydroxyl groups excluding tert-OH is 2. The molecule has 124 valence electrons. The highest BCUT2D eigenvalue weighted by molar-refractivity contribution is 5.96. The van der Waals surface area contributed by atoms with Crippen LogP contribution >= 0.6 is 0 Å². The van der Waals surface area contributed by atoms with Crippen LogP contribution in [0.5, 0.6) is 0 Å². The van der Waals surface area contributed by atoms with Gasteiger partial charge < -0.3 is 15.1 Å². The van der Waals surface area contributed by atoms with Crippen molar-refractivity contribution < 1.29 is 19.4 Å². The molecule has 1 amide bonds. The Morgan fingerprint density at radius 3 is 2.54 bits per heavy atom. The van der Waals surface area contributed by atoms with Crippen LogP contribution in [0.4, 0.5) is 4.39 Å². The van der Waals surface area contributed by atoms with Gasteiger partial charge in [-0.05, 0) is 23.8 Å². The summed E-state index contributed by atoms with van der Waals surface area (Å²) in [6.45, 7) is -0.0889. The minimum Gasteiger partial charge on any atom is -0.395 e. The minimum atomic E-state index is -0.509. The first kappa shape index (κ1) is 17.7. The van der Waals surface area contributed by atoms with Crippen molar-refractivity contribution in [3.05, 3.63) is 71.0 Å². The van der Waals surface area contributed by atoms with Gasteiger partial charge in [-0.3, -0.25) is 4.79 Å². The molecule has 0 aromatic heterocycles. The highest BCUT2D eigenvalue weighted by atomic mass is 19.1. The molecule has 4 nitrogen and oxygen atoms in total. The maximum Gasteiger partial charge on any atom is 0.255 e. The molecule has 2 aromatic rings. The Hall–Kier alpha value is -2.68. The van der Waals surface area contributed by atoms with Crippen LogP contribution in [0.2, 0.25) is 0 Å². The zero-order valence-electron chi connectivity index (χ0n) is 13.1. The minimum absolute atomic E-state index is 0.151. The fraction of sp³-hybridized carbons (Fsp3) is 0.211. The van der Waals surface area contributed by atoms with Gasteiger partial charge in [-0.1, -0.05) is 42.2 Å². The molecule has 0 fully saturated rings. The third kappa shape index (κ3) is 4.66. The standard InChI is InChI=1S/C19H18FNO3/c20-17-8-9-18(16(13-17)7-4-11-22)19(24)21(10-12-23)14-15-5-2-1-3-6-15/h1-3,5-6,8-9,13,22-23H,10-12,14H2. The molecule has 24 heavy (non-hydrogen) atoms. The molecule has 0 atom stereocenters. The first-order valence-electron chi connectivity index (χ1n) is 7.49. The largest absolute Gasteiger partial charge is 0.395 e. The molecule has 0 aliphatic rings. The van der Waals surface area contributed by atoms with Crippen molar-refractivity contribution in [2.75, 3.05) is 19.8 Å². The van der Waals surface area contributed by atoms with Crippen molar-refractivity contribution in [3.8, 4) is 11.8 Å². The molecule has 2 aromatic carbocycles. The highest BCUT2D eigenvalue weighted by Crippen LogP contribution is 2.15. The summed E-state index contributed by atoms with van der Waals surface area (Å²) < 4.78 is 13.4. The summed E-state index contributed by atoms with van der Waals surface area (Å²) >= 11 is 0. The number of nitrogens with zero attached hydrogens (tertiary/aromatic N) is 1. The molecule has 0 saturated heterocycles. The Labute approximate surface area is 140 Å². The summed E-state index contributed by atoms with van der Waals surface area (Å²) in [6, 6.07) is 13.1. The lowest BCUT2D eigenvalue weighted by Crippen LogP contribution is -2.33. The SMILES string of the molecule is O=C(c1ccc(F)cc1C#CCO)N(CCO)Cc1ccccc1. The fourth-order valence-corrected chi connectivity index (χ4v) is 2.29. The first-order chi connectivity index (χ1) is 11.7. The Bertz CT molecular complexity index is 750. The molecule has 0 spiro atoms. The number of hydrogen-bond donors (Lipinski definition) is 2. The van der Waals surface area contributed by atoms with E-state index in [1.807, 2.05) is 30.3 Å². The van der Waals surface area contributed by atoms with Crippen LogP contribution < -0.4 is 0 Å². The molecule has 0 saturated carbocycles. The number of rotatable bonds is 5. The van der Waals surface area contributed by atoms with Gasteiger partial charge in [0.25, 0.3) is 5.91 Å². The van der Waals surface area contributed by atoms with Crippen LogP contribution in [0.3, 0.4) is 0 Å². The number of halogens is 1. The molecule has 0 unspecified atom stereocenters. The van der Waals surface area contributed by atoms with Crippen molar-refractivity contribution in [2.24, 2.45) is 0 Å². The number of aliphatic hydroxyl groups is 2. The lowest BCUT2D eigenvalue weighted by Gasteiger charge is -2.22. The second kappa shape index (κ2) is 8.82. The van der Waals surface area contributed by atoms with Crippen molar-refractivity contribution in [2.45, 2.75) is 6.54 Å². The third-order valence-electron chi connectivity index (χ3n) is 3.39. The quantitative estimate of drug-likeness (QED) is 0.824. The number of carbonyl (C=O) groups is 1. The van der Waals surface area contributed by atoms with E-state index in [0.29, 0.717) is 6.54 Å². The van der Waals surface area contributed by atoms with E-state index in [1.54, 1.807) is 0 Å². The molecule has 0 aliphatic heterocycles. The average molecular weight is 327 g/mol. The molecular formula is C19H18FNO3. The van der Waals surface area contributed by atoms with E-state index in [9.17, 15) is 14.3 Å². The molecule has 0 aliphatic carbocycles. The summed E-state index contributed by atoms with van der Waals surface area (Å²) in [5, 5.41) is 18.1. The Balaban J connectivity index is 2.32. The van der Waals surface area contributed by atoms with Crippen molar-refractivity contribution in [3.63, 3.8) is 0 Å². The van der Waals surface area contributed by atoms with E-state index in [-0.39, 0.29) is 36.8 Å². The topological polar surface area (TPSA) is 60.8 Å². The Morgan fingerprint density at radius 1 is 1.12 bits per heavy atom. The van der Waals surface area contributed by atoms with Gasteiger partial charge in [-0.2, -0.15) is 0 Å². The van der Waals surface area contributed by atoms with Gasteiger partial charge in [0.05, 0.1) is 12.2 Å². The smallest absolute Gasteiger partial charge is 0.255 e. The van der Waals surface area contributed by atoms with E-state index in [0.717, 1.165) is 11.6 Å². The summed E-state index contributed by atoms with van der Waals surface area (Å²) in [5.41, 5.74) is 1.37. The van der Waals surface area contributed by atoms with Gasteiger partial charge in [0.1, 0.15) is 12.4 Å². The molecule has 0 radical (unpaired) electrons. The third-order valence-corrected chi connectivity index (χ3v) is 3.39. The molecule has 2 rings (SSSR count). The van der Waals surface area contributed by atoms with Gasteiger partial charge >= 0.3 is 0 Å². The van der Waals surface area contributed by atoms with E-state index in [2.05, 4.69) is 11.8 Å². The second-order valence-electron chi connectivity index (χ2n) is 5.09. The van der Waals surface area contributed by atoms with E-state index in [4.69, 9.17) is 5.11 Å². The average Bonchev–Trinajstić information content (AvgIpc) is 2.60. The first-order valence-corrected chi connectivity index (χ1v) is 7.49. The van der Waals surface area contributed by atoms with Gasteiger partial charge in [0.2, 0.25) is 0 Å². The van der Waals surface area contributed by atoms with Crippen molar-refractivity contribution >= 4 is 5.91 Å². The summed E-state index contributed by atoms with van der Waals surface area (Å²) in [6.07, 6.45) is 0. The lowest BCUT2D eigenvalue weighted by molar-refractivity contribution is 0.0707. The lowest BCUT2D eigenvalue weighted by atomic mass is 10.1. The van der Waals surface area contributed by atoms with Crippen LogP contribution in [-0.2, 0) is 6.54 Å². The summed E-state index contributed by atoms with van der Waals surface area (Å²) in [5.74, 6) is 4.16. The molecule has 0 heterocycles. The maximum atomic E-state index is 13.4. The van der Waals surface area contributed by atoms with Crippen LogP contribution in [0, 0.1) is 17.7 Å². The zero-order valence-corrected chi connectivity index (χ0v) is 13.1. The highest BCUT2D eigenvalue weighted by Gasteiger charge is 2.19. The number of carbonyl (C=O) groups excluding carboxylic acids is 1. The van der Waals surface area contributed by atoms with Gasteiger partial charge in [-0.25, -0.2) is 4.39 Å². The van der Waals surface area contributed by atoms with E-state index < -0.39 is 5.82 Å². The van der Waals surface area contributed by atoms with Crippen LogP contribution in [0.25, 0.3) is 0 Å². The molecule has 2 N–H and O–H groups in total. The number of hydrogen-bond acceptors (Lipinski definition) is 3. The monoisotopic (exact) mass is 327 g/mol. The van der Waals surface area contributed by atoms with Gasteiger partial charge in [0.15, 0.2) is 0 Å². The van der Waals surface area contributed by atoms with Crippen molar-refractivity contribution in [1.82, 2.24) is 4.90 Å². The molecular weight excluding hydrogens is 309 g/mol. The number of benzene rings is 2. The molecule has 5 heteroatoms. The summed E-state index contributed by atoms with van der Waals surface area (Å²) in [7, 11) is 0. The normalized spacial score (nSPS) is 9.96. The van der Waals surface area contributed by atoms with E-state index in [1.165, 1.54) is 17.0 Å². The molecule has 0 bridgehead atoms. The maximum absolute atomic E-state index is 13.4. The van der Waals surface area contributed by atoms with E-state index >= 15 is 0 Å². The zero-order chi connectivity index (χ0) is 17.4. The van der Waals surface area contributed by atoms with Crippen LogP contribution in [-0.4, -0.2) is 40.8 Å². The fourth-order valence-electron chi connectivity index (χ4n) is 2.29. The van der Waals surface area contributed by atoms with Gasteiger partial charge in [-0.15, -0.1) is 0 Å². The van der Waals surface area contributed by atoms with Gasteiger partial charge in [0, 0.05) is 18.7 Å². The van der Waals surface area contributed by atoms with Crippen LogP contribution in [0.15, 0.2) is 48.5 Å². The van der Waals surface area contributed by atoms with Crippen LogP contribution in [0.1, 0.15) is 21.5 Å². The van der Waals surface area contributed by atoms with Crippen molar-refractivity contribution in [1.29, 1.82) is 0 Å².